The summed E-state index contributed by atoms with van der Waals surface area (Å²) in [6, 6.07) is 4.64. The van der Waals surface area contributed by atoms with E-state index >= 15 is 0 Å². The van der Waals surface area contributed by atoms with Gasteiger partial charge in [0.15, 0.2) is 0 Å². The lowest BCUT2D eigenvalue weighted by atomic mass is 10.2. The molecule has 1 aliphatic rings. The number of rotatable bonds is 4. The van der Waals surface area contributed by atoms with Gasteiger partial charge in [-0.2, -0.15) is 0 Å². The van der Waals surface area contributed by atoms with Crippen molar-refractivity contribution < 1.29 is 0 Å². The van der Waals surface area contributed by atoms with Crippen molar-refractivity contribution in [3.05, 3.63) is 23.9 Å². The minimum atomic E-state index is 0.410. The van der Waals surface area contributed by atoms with Gasteiger partial charge in [-0.3, -0.25) is 0 Å². The normalized spacial score (nSPS) is 16.1. The van der Waals surface area contributed by atoms with Crippen molar-refractivity contribution in [2.45, 2.75) is 38.6 Å². The molecule has 0 bridgehead atoms. The van der Waals surface area contributed by atoms with Crippen molar-refractivity contribution in [1.29, 1.82) is 0 Å². The first kappa shape index (κ1) is 12.3. The van der Waals surface area contributed by atoms with Gasteiger partial charge >= 0.3 is 0 Å². The van der Waals surface area contributed by atoms with Crippen LogP contribution < -0.4 is 10.6 Å². The molecule has 0 amide bonds. The summed E-state index contributed by atoms with van der Waals surface area (Å²) >= 11 is 4.93. The fourth-order valence-corrected chi connectivity index (χ4v) is 2.65. The summed E-state index contributed by atoms with van der Waals surface area (Å²) in [6.45, 7) is 3.19. The summed E-state index contributed by atoms with van der Waals surface area (Å²) in [6.07, 6.45) is 7.02. The predicted octanol–water partition coefficient (Wildman–Crippen LogP) is 2.48. The molecule has 1 saturated carbocycles. The van der Waals surface area contributed by atoms with Gasteiger partial charge in [0, 0.05) is 24.3 Å². The van der Waals surface area contributed by atoms with Crippen molar-refractivity contribution >= 4 is 23.0 Å². The zero-order valence-corrected chi connectivity index (χ0v) is 11.0. The highest BCUT2D eigenvalue weighted by atomic mass is 32.1. The van der Waals surface area contributed by atoms with Crippen LogP contribution in [-0.4, -0.2) is 22.6 Å². The number of anilines is 1. The number of nitrogens with zero attached hydrogens (tertiary/aromatic N) is 2. The lowest BCUT2D eigenvalue weighted by Gasteiger charge is -2.28. The molecule has 1 heterocycles. The third kappa shape index (κ3) is 2.75. The monoisotopic (exact) mass is 249 g/mol. The Morgan fingerprint density at radius 3 is 2.65 bits per heavy atom. The van der Waals surface area contributed by atoms with Gasteiger partial charge in [0.2, 0.25) is 0 Å². The molecule has 3 nitrogen and oxygen atoms in total. The zero-order valence-electron chi connectivity index (χ0n) is 10.2. The van der Waals surface area contributed by atoms with E-state index in [1.807, 2.05) is 12.1 Å². The molecule has 0 spiro atoms. The molecule has 1 aromatic rings. The Kier molecular flexibility index (Phi) is 3.94. The second-order valence-electron chi connectivity index (χ2n) is 4.49. The Morgan fingerprint density at radius 2 is 2.18 bits per heavy atom. The third-order valence-electron chi connectivity index (χ3n) is 3.43. The van der Waals surface area contributed by atoms with E-state index in [0.717, 1.165) is 17.9 Å². The molecule has 1 aromatic heterocycles. The zero-order chi connectivity index (χ0) is 12.3. The van der Waals surface area contributed by atoms with Crippen LogP contribution in [0.5, 0.6) is 0 Å². The van der Waals surface area contributed by atoms with E-state index in [0.29, 0.717) is 11.0 Å². The van der Waals surface area contributed by atoms with E-state index in [9.17, 15) is 0 Å². The van der Waals surface area contributed by atoms with Crippen molar-refractivity contribution in [1.82, 2.24) is 4.98 Å². The lowest BCUT2D eigenvalue weighted by molar-refractivity contribution is 0.613. The van der Waals surface area contributed by atoms with E-state index in [1.54, 1.807) is 6.20 Å². The molecule has 0 atom stereocenters. The van der Waals surface area contributed by atoms with Crippen LogP contribution in [0.4, 0.5) is 5.82 Å². The van der Waals surface area contributed by atoms with Gasteiger partial charge in [-0.05, 0) is 31.9 Å². The molecule has 4 heteroatoms. The summed E-state index contributed by atoms with van der Waals surface area (Å²) in [4.78, 5) is 7.27. The lowest BCUT2D eigenvalue weighted by Crippen LogP contribution is -2.33. The highest BCUT2D eigenvalue weighted by Gasteiger charge is 2.22. The molecule has 0 aliphatic heterocycles. The van der Waals surface area contributed by atoms with Gasteiger partial charge in [-0.1, -0.05) is 25.1 Å². The average molecular weight is 249 g/mol. The van der Waals surface area contributed by atoms with Gasteiger partial charge < -0.3 is 10.6 Å². The molecule has 17 heavy (non-hydrogen) atoms. The topological polar surface area (TPSA) is 42.1 Å². The molecule has 0 saturated heterocycles. The SMILES string of the molecule is CCN(c1ccc(C(N)=S)cn1)C1CCCC1. The first-order valence-electron chi connectivity index (χ1n) is 6.25. The maximum Gasteiger partial charge on any atom is 0.128 e. The number of hydrogen-bond donors (Lipinski definition) is 1. The predicted molar refractivity (Wildman–Crippen MR) is 75.4 cm³/mol. The average Bonchev–Trinajstić information content (AvgIpc) is 2.84. The quantitative estimate of drug-likeness (QED) is 0.833. The maximum atomic E-state index is 5.57. The second kappa shape index (κ2) is 5.45. The second-order valence-corrected chi connectivity index (χ2v) is 4.93. The fourth-order valence-electron chi connectivity index (χ4n) is 2.52. The maximum absolute atomic E-state index is 5.57. The summed E-state index contributed by atoms with van der Waals surface area (Å²) in [5.41, 5.74) is 6.41. The molecule has 1 aliphatic carbocycles. The van der Waals surface area contributed by atoms with Crippen LogP contribution in [-0.2, 0) is 0 Å². The largest absolute Gasteiger partial charge is 0.389 e. The van der Waals surface area contributed by atoms with Crippen molar-refractivity contribution in [2.75, 3.05) is 11.4 Å². The molecule has 0 aromatic carbocycles. The van der Waals surface area contributed by atoms with Crippen LogP contribution in [0.3, 0.4) is 0 Å². The van der Waals surface area contributed by atoms with E-state index in [2.05, 4.69) is 16.8 Å². The van der Waals surface area contributed by atoms with Crippen LogP contribution in [0.15, 0.2) is 18.3 Å². The minimum Gasteiger partial charge on any atom is -0.389 e. The molecule has 2 rings (SSSR count). The Bertz CT molecular complexity index is 382. The van der Waals surface area contributed by atoms with Crippen LogP contribution in [0.25, 0.3) is 0 Å². The Balaban J connectivity index is 2.16. The first-order chi connectivity index (χ1) is 8.22. The first-order valence-corrected chi connectivity index (χ1v) is 6.65. The van der Waals surface area contributed by atoms with Crippen LogP contribution >= 0.6 is 12.2 Å². The number of aromatic nitrogens is 1. The molecular weight excluding hydrogens is 230 g/mol. The van der Waals surface area contributed by atoms with Crippen molar-refractivity contribution in [3.63, 3.8) is 0 Å². The summed E-state index contributed by atoms with van der Waals surface area (Å²) in [7, 11) is 0. The fraction of sp³-hybridized carbons (Fsp3) is 0.538. The minimum absolute atomic E-state index is 0.410. The number of nitrogens with two attached hydrogens (primary N) is 1. The standard InChI is InChI=1S/C13H19N3S/c1-2-16(11-5-3-4-6-11)12-8-7-10(9-15-12)13(14)17/h7-9,11H,2-6H2,1H3,(H2,14,17). The summed E-state index contributed by atoms with van der Waals surface area (Å²) in [5, 5.41) is 0. The van der Waals surface area contributed by atoms with E-state index in [4.69, 9.17) is 18.0 Å². The van der Waals surface area contributed by atoms with E-state index < -0.39 is 0 Å². The van der Waals surface area contributed by atoms with Crippen molar-refractivity contribution in [3.8, 4) is 0 Å². The Morgan fingerprint density at radius 1 is 1.47 bits per heavy atom. The van der Waals surface area contributed by atoms with E-state index in [-0.39, 0.29) is 0 Å². The number of hydrogen-bond acceptors (Lipinski definition) is 3. The molecule has 1 fully saturated rings. The van der Waals surface area contributed by atoms with Gasteiger partial charge in [0.25, 0.3) is 0 Å². The van der Waals surface area contributed by atoms with E-state index in [1.165, 1.54) is 25.7 Å². The Labute approximate surface area is 108 Å². The van der Waals surface area contributed by atoms with Gasteiger partial charge in [0.1, 0.15) is 10.8 Å². The molecule has 92 valence electrons. The molecule has 0 unspecified atom stereocenters. The number of thiocarbonyl (C=S) groups is 1. The molecule has 2 N–H and O–H groups in total. The smallest absolute Gasteiger partial charge is 0.128 e. The summed E-state index contributed by atoms with van der Waals surface area (Å²) in [5.74, 6) is 1.04. The number of pyridine rings is 1. The van der Waals surface area contributed by atoms with Gasteiger partial charge in [-0.15, -0.1) is 0 Å². The van der Waals surface area contributed by atoms with Crippen LogP contribution in [0, 0.1) is 0 Å². The highest BCUT2D eigenvalue weighted by molar-refractivity contribution is 7.80. The van der Waals surface area contributed by atoms with Crippen molar-refractivity contribution in [2.24, 2.45) is 5.73 Å². The van der Waals surface area contributed by atoms with Gasteiger partial charge in [0.05, 0.1) is 0 Å². The molecule has 0 radical (unpaired) electrons. The Hall–Kier alpha value is -1.16. The van der Waals surface area contributed by atoms with Crippen LogP contribution in [0.1, 0.15) is 38.2 Å². The van der Waals surface area contributed by atoms with Gasteiger partial charge in [-0.25, -0.2) is 4.98 Å². The van der Waals surface area contributed by atoms with Crippen LogP contribution in [0.2, 0.25) is 0 Å². The molecular formula is C13H19N3S. The third-order valence-corrected chi connectivity index (χ3v) is 3.67. The summed E-state index contributed by atoms with van der Waals surface area (Å²) < 4.78 is 0. The highest BCUT2D eigenvalue weighted by Crippen LogP contribution is 2.26.